The van der Waals surface area contributed by atoms with Gasteiger partial charge in [-0.25, -0.2) is 14.4 Å². The average molecular weight is 614 g/mol. The molecule has 2 saturated heterocycles. The standard InChI is InChI=1S/C33H33ClFN7O2/c1-40-12-14-41(15-13-40)30-17-23(8-10-37-30)24-16-28(31(36)38-19-24)32(43)39-26-9-11-42(20-26)33(44)22-4-2-21(3-5-22)27-7-6-25(35)18-29(27)34/h2-8,10,16-19,26H,9,11-15,20H2,1H3,(H2,36,38)(H,39,43)/t26-/m1/s1. The second-order valence-electron chi connectivity index (χ2n) is 11.3. The Bertz CT molecular complexity index is 1690. The van der Waals surface area contributed by atoms with Gasteiger partial charge in [-0.15, -0.1) is 0 Å². The topological polar surface area (TPSA) is 108 Å². The maximum atomic E-state index is 13.4. The number of likely N-dealkylation sites (N-methyl/N-ethyl adjacent to an activating group) is 1. The van der Waals surface area contributed by atoms with Gasteiger partial charge in [0, 0.05) is 74.4 Å². The number of rotatable bonds is 6. The molecular weight excluding hydrogens is 581 g/mol. The van der Waals surface area contributed by atoms with E-state index >= 15 is 0 Å². The van der Waals surface area contributed by atoms with E-state index in [1.54, 1.807) is 53.7 Å². The van der Waals surface area contributed by atoms with Gasteiger partial charge in [0.15, 0.2) is 0 Å². The fourth-order valence-electron chi connectivity index (χ4n) is 5.65. The van der Waals surface area contributed by atoms with Gasteiger partial charge < -0.3 is 25.8 Å². The number of pyridine rings is 2. The summed E-state index contributed by atoms with van der Waals surface area (Å²) in [5.74, 6) is 0.174. The average Bonchev–Trinajstić information content (AvgIpc) is 3.50. The highest BCUT2D eigenvalue weighted by Gasteiger charge is 2.29. The van der Waals surface area contributed by atoms with Crippen molar-refractivity contribution in [2.45, 2.75) is 12.5 Å². The van der Waals surface area contributed by atoms with Gasteiger partial charge in [0.05, 0.1) is 10.6 Å². The van der Waals surface area contributed by atoms with Crippen LogP contribution in [-0.2, 0) is 0 Å². The normalized spacial score (nSPS) is 17.1. The van der Waals surface area contributed by atoms with Crippen molar-refractivity contribution in [3.8, 4) is 22.3 Å². The first kappa shape index (κ1) is 29.5. The van der Waals surface area contributed by atoms with Gasteiger partial charge in [0.1, 0.15) is 17.5 Å². The number of benzene rings is 2. The van der Waals surface area contributed by atoms with Crippen LogP contribution in [0.4, 0.5) is 16.0 Å². The van der Waals surface area contributed by atoms with E-state index in [4.69, 9.17) is 17.3 Å². The molecule has 2 aliphatic rings. The smallest absolute Gasteiger partial charge is 0.255 e. The van der Waals surface area contributed by atoms with E-state index in [-0.39, 0.29) is 23.7 Å². The number of carbonyl (C=O) groups excluding carboxylic acids is 2. The second kappa shape index (κ2) is 12.6. The molecule has 9 nitrogen and oxygen atoms in total. The summed E-state index contributed by atoms with van der Waals surface area (Å²) in [6, 6.07) is 16.7. The Morgan fingerprint density at radius 1 is 0.932 bits per heavy atom. The quantitative estimate of drug-likeness (QED) is 0.328. The molecule has 4 heterocycles. The molecule has 0 aliphatic carbocycles. The highest BCUT2D eigenvalue weighted by atomic mass is 35.5. The van der Waals surface area contributed by atoms with E-state index in [9.17, 15) is 14.0 Å². The molecule has 0 bridgehead atoms. The molecule has 0 saturated carbocycles. The largest absolute Gasteiger partial charge is 0.383 e. The van der Waals surface area contributed by atoms with Crippen LogP contribution in [0.2, 0.25) is 5.02 Å². The van der Waals surface area contributed by atoms with Gasteiger partial charge in [0.2, 0.25) is 0 Å². The number of nitrogen functional groups attached to an aromatic ring is 1. The van der Waals surface area contributed by atoms with E-state index in [1.165, 1.54) is 12.1 Å². The number of amides is 2. The Morgan fingerprint density at radius 2 is 1.70 bits per heavy atom. The molecule has 226 valence electrons. The molecule has 3 N–H and O–H groups in total. The van der Waals surface area contributed by atoms with Crippen LogP contribution in [0.1, 0.15) is 27.1 Å². The van der Waals surface area contributed by atoms with Crippen LogP contribution in [0.25, 0.3) is 22.3 Å². The highest BCUT2D eigenvalue weighted by molar-refractivity contribution is 6.33. The second-order valence-corrected chi connectivity index (χ2v) is 11.7. The lowest BCUT2D eigenvalue weighted by atomic mass is 10.0. The fraction of sp³-hybridized carbons (Fsp3) is 0.273. The summed E-state index contributed by atoms with van der Waals surface area (Å²) in [5, 5.41) is 3.34. The minimum Gasteiger partial charge on any atom is -0.383 e. The molecule has 2 aliphatic heterocycles. The molecule has 2 aromatic carbocycles. The van der Waals surface area contributed by atoms with Crippen molar-refractivity contribution in [3.05, 3.63) is 95.0 Å². The third-order valence-electron chi connectivity index (χ3n) is 8.25. The number of nitrogens with zero attached hydrogens (tertiary/aromatic N) is 5. The molecule has 2 amide bonds. The van der Waals surface area contributed by atoms with Crippen LogP contribution in [0, 0.1) is 5.82 Å². The van der Waals surface area contributed by atoms with E-state index < -0.39 is 5.82 Å². The van der Waals surface area contributed by atoms with Crippen LogP contribution in [-0.4, -0.2) is 83.9 Å². The third kappa shape index (κ3) is 6.36. The third-order valence-corrected chi connectivity index (χ3v) is 8.57. The lowest BCUT2D eigenvalue weighted by Crippen LogP contribution is -2.44. The van der Waals surface area contributed by atoms with Crippen molar-refractivity contribution in [1.29, 1.82) is 0 Å². The van der Waals surface area contributed by atoms with Crippen LogP contribution >= 0.6 is 11.6 Å². The summed E-state index contributed by atoms with van der Waals surface area (Å²) < 4.78 is 13.4. The molecule has 0 spiro atoms. The number of aromatic nitrogens is 2. The Hall–Kier alpha value is -4.54. The van der Waals surface area contributed by atoms with Crippen LogP contribution in [0.15, 0.2) is 73.1 Å². The minimum absolute atomic E-state index is 0.129. The Labute approximate surface area is 260 Å². The number of nitrogens with one attached hydrogen (secondary N) is 1. The van der Waals surface area contributed by atoms with E-state index in [2.05, 4.69) is 32.1 Å². The lowest BCUT2D eigenvalue weighted by molar-refractivity contribution is 0.0783. The van der Waals surface area contributed by atoms with Crippen LogP contribution < -0.4 is 16.0 Å². The Balaban J connectivity index is 1.10. The zero-order valence-electron chi connectivity index (χ0n) is 24.3. The molecule has 6 rings (SSSR count). The van der Waals surface area contributed by atoms with E-state index in [1.807, 2.05) is 12.1 Å². The van der Waals surface area contributed by atoms with Crippen LogP contribution in [0.5, 0.6) is 0 Å². The number of halogens is 2. The van der Waals surface area contributed by atoms with Gasteiger partial charge in [-0.1, -0.05) is 23.7 Å². The SMILES string of the molecule is CN1CCN(c2cc(-c3cnc(N)c(C(=O)N[C@@H]4CCN(C(=O)c5ccc(-c6ccc(F)cc6Cl)cc5)C4)c3)ccn2)CC1. The monoisotopic (exact) mass is 613 g/mol. The van der Waals surface area contributed by atoms with Gasteiger partial charge >= 0.3 is 0 Å². The van der Waals surface area contributed by atoms with Gasteiger partial charge in [0.25, 0.3) is 11.8 Å². The summed E-state index contributed by atoms with van der Waals surface area (Å²) in [6.07, 6.45) is 4.06. The zero-order chi connectivity index (χ0) is 30.8. The number of piperazine rings is 1. The van der Waals surface area contributed by atoms with Crippen molar-refractivity contribution in [3.63, 3.8) is 0 Å². The maximum Gasteiger partial charge on any atom is 0.255 e. The van der Waals surface area contributed by atoms with E-state index in [0.717, 1.165) is 48.7 Å². The minimum atomic E-state index is -0.406. The molecule has 11 heteroatoms. The van der Waals surface area contributed by atoms with Crippen LogP contribution in [0.3, 0.4) is 0 Å². The summed E-state index contributed by atoms with van der Waals surface area (Å²) in [6.45, 7) is 4.64. The number of hydrogen-bond acceptors (Lipinski definition) is 7. The molecule has 2 fully saturated rings. The van der Waals surface area contributed by atoms with Crippen molar-refractivity contribution in [2.24, 2.45) is 0 Å². The Kier molecular flexibility index (Phi) is 8.45. The number of nitrogens with two attached hydrogens (primary N) is 1. The number of carbonyl (C=O) groups is 2. The number of hydrogen-bond donors (Lipinski definition) is 2. The first-order valence-electron chi connectivity index (χ1n) is 14.6. The maximum absolute atomic E-state index is 13.4. The number of likely N-dealkylation sites (tertiary alicyclic amines) is 1. The molecule has 0 unspecified atom stereocenters. The predicted molar refractivity (Wildman–Crippen MR) is 170 cm³/mol. The fourth-order valence-corrected chi connectivity index (χ4v) is 5.92. The number of anilines is 2. The zero-order valence-corrected chi connectivity index (χ0v) is 25.1. The van der Waals surface area contributed by atoms with Gasteiger partial charge in [-0.3, -0.25) is 9.59 Å². The molecule has 1 atom stereocenters. The van der Waals surface area contributed by atoms with Crippen molar-refractivity contribution in [2.75, 3.05) is 56.9 Å². The molecule has 44 heavy (non-hydrogen) atoms. The first-order chi connectivity index (χ1) is 21.2. The summed E-state index contributed by atoms with van der Waals surface area (Å²) >= 11 is 6.19. The predicted octanol–water partition coefficient (Wildman–Crippen LogP) is 4.58. The first-order valence-corrected chi connectivity index (χ1v) is 14.9. The molecule has 4 aromatic rings. The highest BCUT2D eigenvalue weighted by Crippen LogP contribution is 2.29. The molecule has 2 aromatic heterocycles. The van der Waals surface area contributed by atoms with Gasteiger partial charge in [-0.2, -0.15) is 0 Å². The van der Waals surface area contributed by atoms with Crippen molar-refractivity contribution < 1.29 is 14.0 Å². The molecule has 0 radical (unpaired) electrons. The summed E-state index contributed by atoms with van der Waals surface area (Å²) in [7, 11) is 2.11. The van der Waals surface area contributed by atoms with Crippen molar-refractivity contribution in [1.82, 2.24) is 25.1 Å². The lowest BCUT2D eigenvalue weighted by Gasteiger charge is -2.33. The van der Waals surface area contributed by atoms with E-state index in [0.29, 0.717) is 41.2 Å². The summed E-state index contributed by atoms with van der Waals surface area (Å²) in [5.41, 5.74) is 10.1. The van der Waals surface area contributed by atoms with Gasteiger partial charge in [-0.05, 0) is 73.1 Å². The summed E-state index contributed by atoms with van der Waals surface area (Å²) in [4.78, 5) is 41.7. The Morgan fingerprint density at radius 3 is 2.45 bits per heavy atom. The molecular formula is C33H33ClFN7O2. The van der Waals surface area contributed by atoms with Crippen molar-refractivity contribution >= 4 is 35.1 Å².